The van der Waals surface area contributed by atoms with Crippen molar-refractivity contribution < 1.29 is 9.90 Å². The molecule has 1 aromatic rings. The number of aromatic nitrogens is 1. The molecule has 1 aromatic heterocycles. The van der Waals surface area contributed by atoms with Gasteiger partial charge in [0.15, 0.2) is 0 Å². The minimum absolute atomic E-state index is 0.0247. The van der Waals surface area contributed by atoms with E-state index in [4.69, 9.17) is 10.8 Å². The SMILES string of the molecule is CN(C)CC(C)(C)CNc1nccc(C(=O)O)c1N. The highest BCUT2D eigenvalue weighted by atomic mass is 16.4. The van der Waals surface area contributed by atoms with Crippen LogP contribution in [0.1, 0.15) is 24.2 Å². The minimum atomic E-state index is -1.05. The third-order valence-electron chi connectivity index (χ3n) is 2.70. The zero-order valence-electron chi connectivity index (χ0n) is 11.9. The summed E-state index contributed by atoms with van der Waals surface area (Å²) in [5.74, 6) is -0.623. The summed E-state index contributed by atoms with van der Waals surface area (Å²) in [5.41, 5.74) is 6.07. The Morgan fingerprint density at radius 2 is 2.16 bits per heavy atom. The maximum absolute atomic E-state index is 11.0. The van der Waals surface area contributed by atoms with E-state index in [1.54, 1.807) is 0 Å². The van der Waals surface area contributed by atoms with Crippen LogP contribution in [-0.4, -0.2) is 48.1 Å². The van der Waals surface area contributed by atoms with Crippen molar-refractivity contribution in [1.29, 1.82) is 0 Å². The van der Waals surface area contributed by atoms with Gasteiger partial charge in [0.25, 0.3) is 0 Å². The first-order valence-electron chi connectivity index (χ1n) is 6.09. The first-order valence-corrected chi connectivity index (χ1v) is 6.09. The molecule has 6 heteroatoms. The average molecular weight is 266 g/mol. The summed E-state index contributed by atoms with van der Waals surface area (Å²) in [4.78, 5) is 17.2. The molecule has 4 N–H and O–H groups in total. The molecule has 0 aliphatic carbocycles. The molecule has 0 atom stereocenters. The summed E-state index contributed by atoms with van der Waals surface area (Å²) < 4.78 is 0. The fourth-order valence-electron chi connectivity index (χ4n) is 2.04. The van der Waals surface area contributed by atoms with E-state index in [0.29, 0.717) is 12.4 Å². The van der Waals surface area contributed by atoms with Crippen LogP contribution in [0.5, 0.6) is 0 Å². The van der Waals surface area contributed by atoms with Crippen molar-refractivity contribution in [3.8, 4) is 0 Å². The van der Waals surface area contributed by atoms with E-state index in [1.165, 1.54) is 12.3 Å². The molecule has 19 heavy (non-hydrogen) atoms. The fourth-order valence-corrected chi connectivity index (χ4v) is 2.04. The van der Waals surface area contributed by atoms with E-state index in [2.05, 4.69) is 29.0 Å². The molecular formula is C13H22N4O2. The number of nitrogens with one attached hydrogen (secondary N) is 1. The summed E-state index contributed by atoms with van der Waals surface area (Å²) in [6.45, 7) is 5.80. The summed E-state index contributed by atoms with van der Waals surface area (Å²) in [6, 6.07) is 1.40. The molecular weight excluding hydrogens is 244 g/mol. The summed E-state index contributed by atoms with van der Waals surface area (Å²) in [6.07, 6.45) is 1.45. The summed E-state index contributed by atoms with van der Waals surface area (Å²) in [7, 11) is 4.03. The number of pyridine rings is 1. The fraction of sp³-hybridized carbons (Fsp3) is 0.538. The van der Waals surface area contributed by atoms with Crippen molar-refractivity contribution in [2.45, 2.75) is 13.8 Å². The third-order valence-corrected chi connectivity index (χ3v) is 2.70. The third kappa shape index (κ3) is 4.40. The Hall–Kier alpha value is -1.82. The van der Waals surface area contributed by atoms with Gasteiger partial charge in [-0.1, -0.05) is 13.8 Å². The molecule has 106 valence electrons. The zero-order valence-corrected chi connectivity index (χ0v) is 11.9. The maximum Gasteiger partial charge on any atom is 0.337 e. The van der Waals surface area contributed by atoms with Crippen LogP contribution in [0.25, 0.3) is 0 Å². The highest BCUT2D eigenvalue weighted by Crippen LogP contribution is 2.22. The van der Waals surface area contributed by atoms with Gasteiger partial charge < -0.3 is 21.1 Å². The van der Waals surface area contributed by atoms with Crippen molar-refractivity contribution in [3.63, 3.8) is 0 Å². The standard InChI is InChI=1S/C13H22N4O2/c1-13(2,8-17(3)4)7-16-11-10(14)9(12(18)19)5-6-15-11/h5-6H,7-8,14H2,1-4H3,(H,15,16)(H,18,19). The van der Waals surface area contributed by atoms with Gasteiger partial charge in [0, 0.05) is 19.3 Å². The van der Waals surface area contributed by atoms with E-state index in [-0.39, 0.29) is 16.7 Å². The monoisotopic (exact) mass is 266 g/mol. The van der Waals surface area contributed by atoms with Gasteiger partial charge in [-0.05, 0) is 25.6 Å². The predicted molar refractivity (Wildman–Crippen MR) is 76.4 cm³/mol. The molecule has 0 bridgehead atoms. The molecule has 0 fully saturated rings. The summed E-state index contributed by atoms with van der Waals surface area (Å²) in [5, 5.41) is 12.1. The molecule has 0 saturated heterocycles. The minimum Gasteiger partial charge on any atom is -0.478 e. The van der Waals surface area contributed by atoms with Crippen LogP contribution >= 0.6 is 0 Å². The Kier molecular flexibility index (Phi) is 4.72. The van der Waals surface area contributed by atoms with Crippen LogP contribution < -0.4 is 11.1 Å². The van der Waals surface area contributed by atoms with E-state index in [9.17, 15) is 4.79 Å². The van der Waals surface area contributed by atoms with E-state index in [1.807, 2.05) is 14.1 Å². The molecule has 0 aliphatic heterocycles. The van der Waals surface area contributed by atoms with Crippen molar-refractivity contribution >= 4 is 17.5 Å². The van der Waals surface area contributed by atoms with Crippen LogP contribution in [0.15, 0.2) is 12.3 Å². The number of carboxylic acids is 1. The van der Waals surface area contributed by atoms with Gasteiger partial charge in [-0.25, -0.2) is 9.78 Å². The van der Waals surface area contributed by atoms with Gasteiger partial charge >= 0.3 is 5.97 Å². The van der Waals surface area contributed by atoms with Crippen LogP contribution in [-0.2, 0) is 0 Å². The molecule has 1 rings (SSSR count). The van der Waals surface area contributed by atoms with E-state index < -0.39 is 5.97 Å². The number of hydrogen-bond donors (Lipinski definition) is 3. The van der Waals surface area contributed by atoms with Gasteiger partial charge in [-0.15, -0.1) is 0 Å². The highest BCUT2D eigenvalue weighted by molar-refractivity contribution is 5.96. The van der Waals surface area contributed by atoms with Crippen LogP contribution in [0.4, 0.5) is 11.5 Å². The molecule has 6 nitrogen and oxygen atoms in total. The Labute approximate surface area is 113 Å². The number of nitrogens with two attached hydrogens (primary N) is 1. The Balaban J connectivity index is 2.78. The van der Waals surface area contributed by atoms with Crippen molar-refractivity contribution in [3.05, 3.63) is 17.8 Å². The van der Waals surface area contributed by atoms with Crippen LogP contribution in [0, 0.1) is 5.41 Å². The Morgan fingerprint density at radius 1 is 1.53 bits per heavy atom. The Bertz CT molecular complexity index is 458. The molecule has 0 unspecified atom stereocenters. The van der Waals surface area contributed by atoms with Gasteiger partial charge in [-0.3, -0.25) is 0 Å². The lowest BCUT2D eigenvalue weighted by atomic mass is 9.93. The highest BCUT2D eigenvalue weighted by Gasteiger charge is 2.20. The largest absolute Gasteiger partial charge is 0.478 e. The number of nitrogen functional groups attached to an aromatic ring is 1. The molecule has 0 aliphatic rings. The second-order valence-corrected chi connectivity index (χ2v) is 5.68. The second kappa shape index (κ2) is 5.88. The molecule has 0 amide bonds. The number of aromatic carboxylic acids is 1. The smallest absolute Gasteiger partial charge is 0.337 e. The topological polar surface area (TPSA) is 91.5 Å². The number of carboxylic acid groups (broad SMARTS) is 1. The van der Waals surface area contributed by atoms with Gasteiger partial charge in [0.1, 0.15) is 5.82 Å². The van der Waals surface area contributed by atoms with E-state index >= 15 is 0 Å². The number of anilines is 2. The number of rotatable bonds is 6. The van der Waals surface area contributed by atoms with Crippen LogP contribution in [0.3, 0.4) is 0 Å². The normalized spacial score (nSPS) is 11.6. The molecule has 0 aromatic carbocycles. The van der Waals surface area contributed by atoms with Gasteiger partial charge in [0.2, 0.25) is 0 Å². The number of hydrogen-bond acceptors (Lipinski definition) is 5. The first-order chi connectivity index (χ1) is 8.73. The lowest BCUT2D eigenvalue weighted by molar-refractivity contribution is 0.0698. The quantitative estimate of drug-likeness (QED) is 0.720. The predicted octanol–water partition coefficient (Wildman–Crippen LogP) is 1.36. The van der Waals surface area contributed by atoms with Crippen molar-refractivity contribution in [2.75, 3.05) is 38.2 Å². The molecule has 0 saturated carbocycles. The number of carbonyl (C=O) groups is 1. The second-order valence-electron chi connectivity index (χ2n) is 5.68. The van der Waals surface area contributed by atoms with Crippen molar-refractivity contribution in [1.82, 2.24) is 9.88 Å². The first kappa shape index (κ1) is 15.2. The number of nitrogens with zero attached hydrogens (tertiary/aromatic N) is 2. The molecule has 0 spiro atoms. The van der Waals surface area contributed by atoms with Crippen molar-refractivity contribution in [2.24, 2.45) is 5.41 Å². The molecule has 1 heterocycles. The summed E-state index contributed by atoms with van der Waals surface area (Å²) >= 11 is 0. The van der Waals surface area contributed by atoms with Gasteiger partial charge in [-0.2, -0.15) is 0 Å². The maximum atomic E-state index is 11.0. The van der Waals surface area contributed by atoms with Crippen LogP contribution in [0.2, 0.25) is 0 Å². The Morgan fingerprint density at radius 3 is 2.68 bits per heavy atom. The zero-order chi connectivity index (χ0) is 14.6. The molecule has 0 radical (unpaired) electrons. The lowest BCUT2D eigenvalue weighted by Gasteiger charge is -2.28. The van der Waals surface area contributed by atoms with E-state index in [0.717, 1.165) is 6.54 Å². The average Bonchev–Trinajstić information content (AvgIpc) is 2.25. The lowest BCUT2D eigenvalue weighted by Crippen LogP contribution is -2.34. The van der Waals surface area contributed by atoms with Gasteiger partial charge in [0.05, 0.1) is 11.3 Å².